The molecule has 0 nitrogen and oxygen atoms in total. The van der Waals surface area contributed by atoms with E-state index in [1.165, 1.54) is 52.6 Å². The van der Waals surface area contributed by atoms with E-state index in [0.29, 0.717) is 7.25 Å². The molecule has 0 radical (unpaired) electrons. The molecule has 0 saturated carbocycles. The van der Waals surface area contributed by atoms with E-state index >= 15 is 0 Å². The minimum atomic E-state index is -2.72. The molecular weight excluding hydrogens is 679 g/mol. The zero-order valence-electron chi connectivity index (χ0n) is 28.5. The number of fused-ring (bicyclic) bond motifs is 3. The van der Waals surface area contributed by atoms with Crippen molar-refractivity contribution in [3.8, 4) is 11.1 Å². The average Bonchev–Trinajstić information content (AvgIpc) is 3.61. The van der Waals surface area contributed by atoms with Crippen LogP contribution >= 0.6 is 0 Å². The molecule has 0 amide bonds. The van der Waals surface area contributed by atoms with Gasteiger partial charge in [0.05, 0.1) is 0 Å². The van der Waals surface area contributed by atoms with Gasteiger partial charge in [0.1, 0.15) is 0 Å². The summed E-state index contributed by atoms with van der Waals surface area (Å²) in [7, 11) is 0. The molecule has 0 aromatic heterocycles. The topological polar surface area (TPSA) is 0 Å². The fourth-order valence-corrected chi connectivity index (χ4v) is 16.5. The van der Waals surface area contributed by atoms with E-state index < -0.39 is 21.3 Å². The van der Waals surface area contributed by atoms with E-state index in [9.17, 15) is 0 Å². The van der Waals surface area contributed by atoms with Crippen molar-refractivity contribution in [1.82, 2.24) is 0 Å². The van der Waals surface area contributed by atoms with Crippen LogP contribution in [0.25, 0.3) is 11.1 Å². The monoisotopic (exact) mass is 724 g/mol. The van der Waals surface area contributed by atoms with E-state index in [1.54, 1.807) is 19.9 Å². The van der Waals surface area contributed by atoms with Crippen LogP contribution in [0.15, 0.2) is 121 Å². The van der Waals surface area contributed by atoms with Gasteiger partial charge in [-0.15, -0.1) is 0 Å². The summed E-state index contributed by atoms with van der Waals surface area (Å²) in [5, 5.41) is 0. The average molecular weight is 727 g/mol. The zero-order chi connectivity index (χ0) is 31.1. The first-order valence-electron chi connectivity index (χ1n) is 16.6. The van der Waals surface area contributed by atoms with Gasteiger partial charge in [-0.1, -0.05) is 0 Å². The summed E-state index contributed by atoms with van der Waals surface area (Å²) in [4.78, 5) is 0. The number of hydrogen-bond donors (Lipinski definition) is 0. The molecule has 0 fully saturated rings. The summed E-state index contributed by atoms with van der Waals surface area (Å²) in [6.45, 7) is 16.5. The zero-order valence-corrected chi connectivity index (χ0v) is 32.5. The van der Waals surface area contributed by atoms with Crippen molar-refractivity contribution in [2.45, 2.75) is 85.8 Å². The number of halogens is 2. The molecule has 0 saturated heterocycles. The van der Waals surface area contributed by atoms with Gasteiger partial charge < -0.3 is 24.8 Å². The summed E-state index contributed by atoms with van der Waals surface area (Å²) in [6, 6.07) is 37.6. The Balaban J connectivity index is 0.00000240. The van der Waals surface area contributed by atoms with E-state index in [4.69, 9.17) is 0 Å². The Morgan fingerprint density at radius 1 is 0.652 bits per heavy atom. The van der Waals surface area contributed by atoms with Crippen molar-refractivity contribution in [1.29, 1.82) is 0 Å². The Morgan fingerprint density at radius 2 is 1.13 bits per heavy atom. The number of allylic oxidation sites excluding steroid dienone is 4. The van der Waals surface area contributed by atoms with Crippen molar-refractivity contribution in [3.05, 3.63) is 154 Å². The molecule has 1 atom stereocenters. The van der Waals surface area contributed by atoms with Crippen LogP contribution < -0.4 is 24.8 Å². The molecule has 4 aromatic rings. The molecule has 240 valence electrons. The summed E-state index contributed by atoms with van der Waals surface area (Å²) in [5.41, 5.74) is 13.5. The first-order chi connectivity index (χ1) is 21.1. The summed E-state index contributed by atoms with van der Waals surface area (Å²) < 4.78 is 2.57. The third-order valence-corrected chi connectivity index (χ3v) is 18.1. The maximum Gasteiger partial charge on any atom is -1.00 e. The molecule has 0 heterocycles. The second kappa shape index (κ2) is 14.9. The van der Waals surface area contributed by atoms with Crippen LogP contribution in [0.2, 0.25) is 3.63 Å². The van der Waals surface area contributed by atoms with E-state index in [1.807, 2.05) is 0 Å². The summed E-state index contributed by atoms with van der Waals surface area (Å²) in [5.74, 6) is 0. The standard InChI is InChI=1S/C21H25.C13H10.C9H13.2ClH.Zr/c1-20(2,3)16-7-9-18-14(12-16)11-15-13-17(21(4,5)6)8-10-19(15)18;1-3-7-12(8-4-1)11-13-9-5-2-6-10-13;1-2-3-6-9-7-4-5-8-9;;;/h7-13H,1-6H3;1-10H;4-5,7-8H,2-3,6H2,1H3;2*1H;/p-2. The van der Waals surface area contributed by atoms with Crippen LogP contribution in [-0.4, -0.2) is 3.21 Å². The second-order valence-electron chi connectivity index (χ2n) is 14.8. The Kier molecular flexibility index (Phi) is 11.8. The molecule has 0 aliphatic heterocycles. The Bertz CT molecular complexity index is 1640. The maximum absolute atomic E-state index is 2.72. The van der Waals surface area contributed by atoms with Crippen LogP contribution in [-0.2, 0) is 32.1 Å². The van der Waals surface area contributed by atoms with Gasteiger partial charge >= 0.3 is 276 Å². The third-order valence-electron chi connectivity index (χ3n) is 9.56. The minimum absolute atomic E-state index is 0. The van der Waals surface area contributed by atoms with Gasteiger partial charge in [0.25, 0.3) is 0 Å². The van der Waals surface area contributed by atoms with Crippen LogP contribution in [0.5, 0.6) is 0 Å². The quantitative estimate of drug-likeness (QED) is 0.229. The van der Waals surface area contributed by atoms with Gasteiger partial charge in [0.2, 0.25) is 0 Å². The van der Waals surface area contributed by atoms with E-state index in [0.717, 1.165) is 0 Å². The van der Waals surface area contributed by atoms with Crippen molar-refractivity contribution < 1.29 is 46.1 Å². The number of rotatable bonds is 7. The predicted molar refractivity (Wildman–Crippen MR) is 188 cm³/mol. The molecule has 2 aliphatic carbocycles. The summed E-state index contributed by atoms with van der Waals surface area (Å²) in [6.07, 6.45) is 11.4. The van der Waals surface area contributed by atoms with Gasteiger partial charge in [-0.3, -0.25) is 0 Å². The summed E-state index contributed by atoms with van der Waals surface area (Å²) >= 11 is -2.72. The van der Waals surface area contributed by atoms with Crippen molar-refractivity contribution >= 4 is 3.21 Å². The molecule has 0 spiro atoms. The van der Waals surface area contributed by atoms with E-state index in [2.05, 4.69) is 164 Å². The minimum Gasteiger partial charge on any atom is -1.00 e. The molecule has 1 unspecified atom stereocenters. The fourth-order valence-electron chi connectivity index (χ4n) is 7.05. The van der Waals surface area contributed by atoms with Crippen LogP contribution in [0.3, 0.4) is 0 Å². The second-order valence-corrected chi connectivity index (χ2v) is 21.4. The molecule has 0 N–H and O–H groups in total. The molecule has 6 rings (SSSR count). The van der Waals surface area contributed by atoms with Crippen molar-refractivity contribution in [3.63, 3.8) is 0 Å². The molecule has 3 heteroatoms. The van der Waals surface area contributed by atoms with Gasteiger partial charge in [-0.2, -0.15) is 0 Å². The van der Waals surface area contributed by atoms with Gasteiger partial charge in [0.15, 0.2) is 0 Å². The van der Waals surface area contributed by atoms with Crippen LogP contribution in [0.4, 0.5) is 0 Å². The Hall–Kier alpha value is -2.31. The maximum atomic E-state index is 2.69. The largest absolute Gasteiger partial charge is 1.00 e. The van der Waals surface area contributed by atoms with E-state index in [-0.39, 0.29) is 35.6 Å². The van der Waals surface area contributed by atoms with Crippen LogP contribution in [0.1, 0.15) is 105 Å². The normalized spacial score (nSPS) is 15.4. The SMILES string of the molecule is CCCCC1=C[CH]([Zr](=[C](c2ccccc2)c2ccccc2)[CH]2c3cc(C(C)(C)C)ccc3-c3ccc(C(C)(C)C)cc32)C=C1.[Cl-].[Cl-]. The first-order valence-corrected chi connectivity index (χ1v) is 20.7. The first kappa shape index (κ1) is 36.5. The molecular formula is C43H48Cl2Zr-2. The van der Waals surface area contributed by atoms with Crippen molar-refractivity contribution in [2.75, 3.05) is 0 Å². The number of unbranched alkanes of at least 4 members (excludes halogenated alkanes) is 1. The van der Waals surface area contributed by atoms with Gasteiger partial charge in [-0.25, -0.2) is 0 Å². The molecule has 2 aliphatic rings. The Morgan fingerprint density at radius 3 is 1.57 bits per heavy atom. The molecule has 4 aromatic carbocycles. The number of benzene rings is 4. The fraction of sp³-hybridized carbons (Fsp3) is 0.326. The predicted octanol–water partition coefficient (Wildman–Crippen LogP) is 5.72. The van der Waals surface area contributed by atoms with Gasteiger partial charge in [0, 0.05) is 0 Å². The van der Waals surface area contributed by atoms with Crippen LogP contribution in [0, 0.1) is 0 Å². The van der Waals surface area contributed by atoms with Crippen molar-refractivity contribution in [2.24, 2.45) is 0 Å². The number of hydrogen-bond acceptors (Lipinski definition) is 0. The third kappa shape index (κ3) is 7.38. The molecule has 0 bridgehead atoms. The van der Waals surface area contributed by atoms with Gasteiger partial charge in [-0.05, 0) is 0 Å². The molecule has 46 heavy (non-hydrogen) atoms. The smallest absolute Gasteiger partial charge is 1.00 e. The Labute approximate surface area is 298 Å².